The molecule has 0 saturated heterocycles. The Morgan fingerprint density at radius 2 is 1.77 bits per heavy atom. The van der Waals surface area contributed by atoms with Crippen LogP contribution < -0.4 is 0 Å². The van der Waals surface area contributed by atoms with Gasteiger partial charge in [-0.1, -0.05) is 54.6 Å². The van der Waals surface area contributed by atoms with Crippen molar-refractivity contribution in [2.75, 3.05) is 13.1 Å². The van der Waals surface area contributed by atoms with Gasteiger partial charge in [-0.15, -0.1) is 0 Å². The van der Waals surface area contributed by atoms with E-state index in [0.29, 0.717) is 34.8 Å². The fraction of sp³-hybridized carbons (Fsp3) is 0.217. The highest BCUT2D eigenvalue weighted by Crippen LogP contribution is 2.39. The maximum Gasteiger partial charge on any atom is 0.274 e. The molecule has 0 radical (unpaired) electrons. The van der Waals surface area contributed by atoms with Crippen LogP contribution in [0.4, 0.5) is 0 Å². The molecule has 2 aliphatic rings. The van der Waals surface area contributed by atoms with Gasteiger partial charge in [-0.25, -0.2) is 8.42 Å². The molecule has 0 unspecified atom stereocenters. The van der Waals surface area contributed by atoms with Crippen LogP contribution in [0.15, 0.2) is 65.6 Å². The lowest BCUT2D eigenvalue weighted by Gasteiger charge is -2.26. The molecule has 2 aliphatic heterocycles. The number of amides is 1. The molecule has 6 nitrogen and oxygen atoms in total. The van der Waals surface area contributed by atoms with Crippen molar-refractivity contribution in [3.63, 3.8) is 0 Å². The maximum atomic E-state index is 13.3. The summed E-state index contributed by atoms with van der Waals surface area (Å²) in [6.45, 7) is 1.06. The van der Waals surface area contributed by atoms with Gasteiger partial charge in [-0.2, -0.15) is 5.10 Å². The Balaban J connectivity index is 1.49. The number of nitrogens with zero attached hydrogens (tertiary/aromatic N) is 3. The minimum atomic E-state index is -3.51. The van der Waals surface area contributed by atoms with Crippen molar-refractivity contribution in [3.05, 3.63) is 77.5 Å². The predicted octanol–water partition coefficient (Wildman–Crippen LogP) is 3.30. The molecule has 0 spiro atoms. The smallest absolute Gasteiger partial charge is 0.274 e. The average Bonchev–Trinajstić information content (AvgIpc) is 3.09. The molecule has 5 rings (SSSR count). The van der Waals surface area contributed by atoms with Crippen LogP contribution in [0, 0.1) is 0 Å². The van der Waals surface area contributed by atoms with Gasteiger partial charge in [-0.3, -0.25) is 9.48 Å². The second-order valence-corrected chi connectivity index (χ2v) is 9.61. The lowest BCUT2D eigenvalue weighted by molar-refractivity contribution is 0.0765. The van der Waals surface area contributed by atoms with Crippen molar-refractivity contribution >= 4 is 21.3 Å². The first-order valence-electron chi connectivity index (χ1n) is 9.87. The third kappa shape index (κ3) is 2.97. The van der Waals surface area contributed by atoms with Crippen LogP contribution in [0.25, 0.3) is 16.8 Å². The SMILES string of the molecule is Cn1nc(C(=O)N2CC=C(c3ccccc3)CC2)c2c1-c1ccccc1S(=O)(=O)C2. The van der Waals surface area contributed by atoms with E-state index in [1.165, 1.54) is 11.1 Å². The molecule has 0 aliphatic carbocycles. The molecule has 0 fully saturated rings. The van der Waals surface area contributed by atoms with E-state index in [-0.39, 0.29) is 17.4 Å². The molecular formula is C23H21N3O3S. The number of aromatic nitrogens is 2. The summed E-state index contributed by atoms with van der Waals surface area (Å²) in [6, 6.07) is 17.0. The number of sulfone groups is 1. The summed E-state index contributed by atoms with van der Waals surface area (Å²) in [4.78, 5) is 15.3. The molecule has 0 atom stereocenters. The maximum absolute atomic E-state index is 13.3. The molecule has 3 aromatic rings. The van der Waals surface area contributed by atoms with Crippen molar-refractivity contribution in [1.82, 2.24) is 14.7 Å². The molecule has 7 heteroatoms. The number of aryl methyl sites for hydroxylation is 1. The fourth-order valence-corrected chi connectivity index (χ4v) is 5.93. The normalized spacial score (nSPS) is 17.1. The number of carbonyl (C=O) groups excluding carboxylic acids is 1. The standard InChI is InChI=1S/C23H21N3O3S/c1-25-22-18-9-5-6-10-20(18)30(28,29)15-19(22)21(24-25)23(27)26-13-11-17(12-14-26)16-7-3-2-4-8-16/h2-11H,12-15H2,1H3. The Morgan fingerprint density at radius 1 is 1.03 bits per heavy atom. The van der Waals surface area contributed by atoms with Gasteiger partial charge in [0.25, 0.3) is 5.91 Å². The fourth-order valence-electron chi connectivity index (χ4n) is 4.33. The van der Waals surface area contributed by atoms with Gasteiger partial charge in [0, 0.05) is 31.3 Å². The third-order valence-electron chi connectivity index (χ3n) is 5.80. The number of benzene rings is 2. The van der Waals surface area contributed by atoms with E-state index in [9.17, 15) is 13.2 Å². The second kappa shape index (κ2) is 6.95. The Hall–Kier alpha value is -3.19. The highest BCUT2D eigenvalue weighted by molar-refractivity contribution is 7.90. The summed E-state index contributed by atoms with van der Waals surface area (Å²) in [7, 11) is -1.75. The third-order valence-corrected chi connectivity index (χ3v) is 7.50. The van der Waals surface area contributed by atoms with Crippen LogP contribution in [0.2, 0.25) is 0 Å². The van der Waals surface area contributed by atoms with Gasteiger partial charge in [0.2, 0.25) is 0 Å². The summed E-state index contributed by atoms with van der Waals surface area (Å²) in [6.07, 6.45) is 2.82. The van der Waals surface area contributed by atoms with Crippen molar-refractivity contribution in [3.8, 4) is 11.3 Å². The van der Waals surface area contributed by atoms with Gasteiger partial charge in [-0.05, 0) is 23.6 Å². The van der Waals surface area contributed by atoms with E-state index in [0.717, 1.165) is 6.42 Å². The van der Waals surface area contributed by atoms with Gasteiger partial charge in [0.15, 0.2) is 15.5 Å². The van der Waals surface area contributed by atoms with E-state index in [1.54, 1.807) is 40.9 Å². The van der Waals surface area contributed by atoms with Crippen LogP contribution >= 0.6 is 0 Å². The molecule has 30 heavy (non-hydrogen) atoms. The minimum absolute atomic E-state index is 0.201. The lowest BCUT2D eigenvalue weighted by Crippen LogP contribution is -2.35. The zero-order valence-electron chi connectivity index (χ0n) is 16.6. The van der Waals surface area contributed by atoms with E-state index in [2.05, 4.69) is 23.3 Å². The summed E-state index contributed by atoms with van der Waals surface area (Å²) in [5.41, 5.74) is 4.45. The van der Waals surface area contributed by atoms with Crippen molar-refractivity contribution in [1.29, 1.82) is 0 Å². The zero-order valence-corrected chi connectivity index (χ0v) is 17.4. The summed E-state index contributed by atoms with van der Waals surface area (Å²) < 4.78 is 27.3. The number of fused-ring (bicyclic) bond motifs is 3. The monoisotopic (exact) mass is 419 g/mol. The van der Waals surface area contributed by atoms with Crippen LogP contribution in [-0.4, -0.2) is 42.1 Å². The molecule has 3 heterocycles. The lowest BCUT2D eigenvalue weighted by atomic mass is 9.99. The minimum Gasteiger partial charge on any atom is -0.333 e. The Labute approximate surface area is 175 Å². The summed E-state index contributed by atoms with van der Waals surface area (Å²) in [5.74, 6) is -0.419. The molecule has 0 N–H and O–H groups in total. The van der Waals surface area contributed by atoms with Crippen molar-refractivity contribution in [2.45, 2.75) is 17.1 Å². The molecule has 152 valence electrons. The molecule has 2 aromatic carbocycles. The van der Waals surface area contributed by atoms with E-state index >= 15 is 0 Å². The predicted molar refractivity (Wildman–Crippen MR) is 114 cm³/mol. The summed E-state index contributed by atoms with van der Waals surface area (Å²) >= 11 is 0. The average molecular weight is 420 g/mol. The quantitative estimate of drug-likeness (QED) is 0.639. The van der Waals surface area contributed by atoms with Crippen molar-refractivity contribution in [2.24, 2.45) is 7.05 Å². The molecular weight excluding hydrogens is 398 g/mol. The Morgan fingerprint density at radius 3 is 2.50 bits per heavy atom. The van der Waals surface area contributed by atoms with Crippen LogP contribution in [-0.2, 0) is 22.6 Å². The zero-order chi connectivity index (χ0) is 20.9. The summed E-state index contributed by atoms with van der Waals surface area (Å²) in [5, 5.41) is 4.45. The van der Waals surface area contributed by atoms with Gasteiger partial charge in [0.05, 0.1) is 16.3 Å². The Bertz CT molecular complexity index is 1290. The number of hydrogen-bond acceptors (Lipinski definition) is 4. The highest BCUT2D eigenvalue weighted by atomic mass is 32.2. The van der Waals surface area contributed by atoms with Crippen LogP contribution in [0.1, 0.15) is 28.0 Å². The first-order chi connectivity index (χ1) is 14.5. The van der Waals surface area contributed by atoms with E-state index in [1.807, 2.05) is 18.2 Å². The molecule has 0 bridgehead atoms. The van der Waals surface area contributed by atoms with Crippen LogP contribution in [0.5, 0.6) is 0 Å². The highest BCUT2D eigenvalue weighted by Gasteiger charge is 2.36. The van der Waals surface area contributed by atoms with E-state index in [4.69, 9.17) is 0 Å². The van der Waals surface area contributed by atoms with Crippen molar-refractivity contribution < 1.29 is 13.2 Å². The molecule has 1 aromatic heterocycles. The van der Waals surface area contributed by atoms with Crippen LogP contribution in [0.3, 0.4) is 0 Å². The topological polar surface area (TPSA) is 72.3 Å². The largest absolute Gasteiger partial charge is 0.333 e. The first-order valence-corrected chi connectivity index (χ1v) is 11.5. The van der Waals surface area contributed by atoms with E-state index < -0.39 is 9.84 Å². The molecule has 0 saturated carbocycles. The molecule has 1 amide bonds. The number of rotatable bonds is 2. The second-order valence-electron chi connectivity index (χ2n) is 7.65. The first kappa shape index (κ1) is 18.8. The Kier molecular flexibility index (Phi) is 4.36. The number of carbonyl (C=O) groups is 1. The van der Waals surface area contributed by atoms with Gasteiger partial charge < -0.3 is 4.90 Å². The van der Waals surface area contributed by atoms with Gasteiger partial charge >= 0.3 is 0 Å². The number of hydrogen-bond donors (Lipinski definition) is 0. The van der Waals surface area contributed by atoms with Gasteiger partial charge in [0.1, 0.15) is 0 Å².